The van der Waals surface area contributed by atoms with Crippen molar-refractivity contribution in [2.24, 2.45) is 0 Å². The number of benzene rings is 1. The summed E-state index contributed by atoms with van der Waals surface area (Å²) < 4.78 is 6.05. The third-order valence-corrected chi connectivity index (χ3v) is 4.34. The molecule has 2 aromatic heterocycles. The van der Waals surface area contributed by atoms with Gasteiger partial charge in [0, 0.05) is 10.3 Å². The maximum Gasteiger partial charge on any atom is 0.134 e. The summed E-state index contributed by atoms with van der Waals surface area (Å²) in [5, 5.41) is 6.87. The van der Waals surface area contributed by atoms with E-state index in [1.165, 1.54) is 15.8 Å². The third-order valence-electron chi connectivity index (χ3n) is 3.40. The first kappa shape index (κ1) is 13.4. The minimum atomic E-state index is 0.155. The molecular weight excluding hydrogens is 266 g/mol. The molecule has 3 aromatic rings. The second-order valence-corrected chi connectivity index (χ2v) is 6.07. The average Bonchev–Trinajstić information content (AvgIpc) is 3.08. The SMILES string of the molecule is CCCNC(c1cc2cc(C)ccc2o1)c1cccs1. The molecule has 1 N–H and O–H groups in total. The molecule has 1 aromatic carbocycles. The molecule has 104 valence electrons. The lowest BCUT2D eigenvalue weighted by molar-refractivity contribution is 0.473. The molecular formula is C17H19NOS. The molecule has 0 saturated carbocycles. The van der Waals surface area contributed by atoms with E-state index in [0.717, 1.165) is 24.3 Å². The van der Waals surface area contributed by atoms with Crippen molar-refractivity contribution < 1.29 is 4.42 Å². The third kappa shape index (κ3) is 2.65. The zero-order chi connectivity index (χ0) is 13.9. The summed E-state index contributed by atoms with van der Waals surface area (Å²) in [5.41, 5.74) is 2.23. The molecule has 0 saturated heterocycles. The summed E-state index contributed by atoms with van der Waals surface area (Å²) in [7, 11) is 0. The van der Waals surface area contributed by atoms with Crippen LogP contribution in [-0.2, 0) is 0 Å². The molecule has 1 unspecified atom stereocenters. The van der Waals surface area contributed by atoms with Gasteiger partial charge in [0.25, 0.3) is 0 Å². The number of aryl methyl sites for hydroxylation is 1. The van der Waals surface area contributed by atoms with E-state index < -0.39 is 0 Å². The second-order valence-electron chi connectivity index (χ2n) is 5.09. The first-order valence-corrected chi connectivity index (χ1v) is 7.93. The van der Waals surface area contributed by atoms with E-state index >= 15 is 0 Å². The van der Waals surface area contributed by atoms with E-state index in [0.29, 0.717) is 0 Å². The lowest BCUT2D eigenvalue weighted by Crippen LogP contribution is -2.21. The minimum absolute atomic E-state index is 0.155. The van der Waals surface area contributed by atoms with Crippen molar-refractivity contribution >= 4 is 22.3 Å². The van der Waals surface area contributed by atoms with E-state index in [1.807, 2.05) is 0 Å². The van der Waals surface area contributed by atoms with Crippen molar-refractivity contribution in [1.29, 1.82) is 0 Å². The summed E-state index contributed by atoms with van der Waals surface area (Å²) in [6.07, 6.45) is 1.11. The fraction of sp³-hybridized carbons (Fsp3) is 0.294. The number of hydrogen-bond acceptors (Lipinski definition) is 3. The van der Waals surface area contributed by atoms with E-state index in [-0.39, 0.29) is 6.04 Å². The Kier molecular flexibility index (Phi) is 3.90. The quantitative estimate of drug-likeness (QED) is 0.722. The molecule has 1 atom stereocenters. The minimum Gasteiger partial charge on any atom is -0.459 e. The maximum atomic E-state index is 6.05. The Balaban J connectivity index is 1.99. The van der Waals surface area contributed by atoms with Gasteiger partial charge >= 0.3 is 0 Å². The lowest BCUT2D eigenvalue weighted by Gasteiger charge is -2.14. The highest BCUT2D eigenvalue weighted by Gasteiger charge is 2.18. The van der Waals surface area contributed by atoms with Gasteiger partial charge in [-0.25, -0.2) is 0 Å². The second kappa shape index (κ2) is 5.81. The number of furan rings is 1. The van der Waals surface area contributed by atoms with Crippen LogP contribution in [-0.4, -0.2) is 6.54 Å². The Morgan fingerprint density at radius 3 is 2.90 bits per heavy atom. The van der Waals surface area contributed by atoms with Gasteiger partial charge in [0.1, 0.15) is 17.4 Å². The zero-order valence-electron chi connectivity index (χ0n) is 11.8. The smallest absolute Gasteiger partial charge is 0.134 e. The Bertz CT molecular complexity index is 684. The summed E-state index contributed by atoms with van der Waals surface area (Å²) in [4.78, 5) is 1.30. The van der Waals surface area contributed by atoms with Crippen LogP contribution in [0.15, 0.2) is 46.2 Å². The Labute approximate surface area is 123 Å². The normalized spacial score (nSPS) is 12.9. The highest BCUT2D eigenvalue weighted by Crippen LogP contribution is 2.31. The molecule has 0 fully saturated rings. The van der Waals surface area contributed by atoms with Gasteiger partial charge in [-0.1, -0.05) is 24.6 Å². The van der Waals surface area contributed by atoms with Crippen LogP contribution in [0.1, 0.15) is 35.6 Å². The molecule has 0 aliphatic carbocycles. The maximum absolute atomic E-state index is 6.05. The molecule has 0 bridgehead atoms. The molecule has 3 heteroatoms. The van der Waals surface area contributed by atoms with Gasteiger partial charge in [-0.15, -0.1) is 11.3 Å². The molecule has 0 spiro atoms. The number of fused-ring (bicyclic) bond motifs is 1. The average molecular weight is 285 g/mol. The van der Waals surface area contributed by atoms with Gasteiger partial charge in [-0.2, -0.15) is 0 Å². The molecule has 2 heterocycles. The molecule has 0 radical (unpaired) electrons. The summed E-state index contributed by atoms with van der Waals surface area (Å²) in [6.45, 7) is 5.28. The highest BCUT2D eigenvalue weighted by atomic mass is 32.1. The molecule has 0 aliphatic heterocycles. The summed E-state index contributed by atoms with van der Waals surface area (Å²) in [5.74, 6) is 1.00. The van der Waals surface area contributed by atoms with Crippen LogP contribution in [0.5, 0.6) is 0 Å². The summed E-state index contributed by atoms with van der Waals surface area (Å²) in [6, 6.07) is 12.9. The van der Waals surface area contributed by atoms with Crippen LogP contribution in [0.3, 0.4) is 0 Å². The predicted octanol–water partition coefficient (Wildman–Crippen LogP) is 4.89. The lowest BCUT2D eigenvalue weighted by atomic mass is 10.1. The van der Waals surface area contributed by atoms with Gasteiger partial charge in [0.05, 0.1) is 0 Å². The van der Waals surface area contributed by atoms with Crippen molar-refractivity contribution in [3.05, 3.63) is 58.0 Å². The molecule has 2 nitrogen and oxygen atoms in total. The van der Waals surface area contributed by atoms with Gasteiger partial charge in [-0.3, -0.25) is 0 Å². The van der Waals surface area contributed by atoms with Gasteiger partial charge in [0.15, 0.2) is 0 Å². The van der Waals surface area contributed by atoms with Crippen molar-refractivity contribution in [2.75, 3.05) is 6.54 Å². The van der Waals surface area contributed by atoms with Crippen molar-refractivity contribution in [1.82, 2.24) is 5.32 Å². The largest absolute Gasteiger partial charge is 0.459 e. The first-order valence-electron chi connectivity index (χ1n) is 7.05. The zero-order valence-corrected chi connectivity index (χ0v) is 12.7. The monoisotopic (exact) mass is 285 g/mol. The summed E-state index contributed by atoms with van der Waals surface area (Å²) >= 11 is 1.77. The highest BCUT2D eigenvalue weighted by molar-refractivity contribution is 7.10. The van der Waals surface area contributed by atoms with Gasteiger partial charge in [0.2, 0.25) is 0 Å². The van der Waals surface area contributed by atoms with Crippen LogP contribution in [0.2, 0.25) is 0 Å². The van der Waals surface area contributed by atoms with Crippen LogP contribution >= 0.6 is 11.3 Å². The van der Waals surface area contributed by atoms with Crippen molar-refractivity contribution in [3.8, 4) is 0 Å². The van der Waals surface area contributed by atoms with E-state index in [4.69, 9.17) is 4.42 Å². The Morgan fingerprint density at radius 2 is 2.15 bits per heavy atom. The topological polar surface area (TPSA) is 25.2 Å². The molecule has 3 rings (SSSR count). The fourth-order valence-electron chi connectivity index (χ4n) is 2.41. The number of thiophene rings is 1. The Morgan fingerprint density at radius 1 is 1.25 bits per heavy atom. The van der Waals surface area contributed by atoms with E-state index in [1.54, 1.807) is 11.3 Å². The number of rotatable bonds is 5. The van der Waals surface area contributed by atoms with Gasteiger partial charge < -0.3 is 9.73 Å². The number of nitrogens with one attached hydrogen (secondary N) is 1. The van der Waals surface area contributed by atoms with E-state index in [9.17, 15) is 0 Å². The first-order chi connectivity index (χ1) is 9.78. The van der Waals surface area contributed by atoms with Crippen LogP contribution < -0.4 is 5.32 Å². The molecule has 0 amide bonds. The van der Waals surface area contributed by atoms with Crippen LogP contribution in [0.25, 0.3) is 11.0 Å². The predicted molar refractivity (Wildman–Crippen MR) is 85.4 cm³/mol. The molecule has 20 heavy (non-hydrogen) atoms. The standard InChI is InChI=1S/C17H19NOS/c1-3-8-18-17(16-5-4-9-20-16)15-11-13-10-12(2)6-7-14(13)19-15/h4-7,9-11,17-18H,3,8H2,1-2H3. The van der Waals surface area contributed by atoms with Gasteiger partial charge in [-0.05, 0) is 49.5 Å². The Hall–Kier alpha value is -1.58. The van der Waals surface area contributed by atoms with Crippen LogP contribution in [0, 0.1) is 6.92 Å². The fourth-order valence-corrected chi connectivity index (χ4v) is 3.22. The molecule has 0 aliphatic rings. The number of hydrogen-bond donors (Lipinski definition) is 1. The van der Waals surface area contributed by atoms with Crippen molar-refractivity contribution in [2.45, 2.75) is 26.3 Å². The van der Waals surface area contributed by atoms with Crippen molar-refractivity contribution in [3.63, 3.8) is 0 Å². The van der Waals surface area contributed by atoms with Crippen LogP contribution in [0.4, 0.5) is 0 Å². The van der Waals surface area contributed by atoms with E-state index in [2.05, 4.69) is 60.9 Å².